The van der Waals surface area contributed by atoms with Crippen molar-refractivity contribution in [2.45, 2.75) is 25.7 Å². The molecule has 0 N–H and O–H groups in total. The minimum atomic E-state index is 0.601. The van der Waals surface area contributed by atoms with Crippen molar-refractivity contribution in [3.05, 3.63) is 49.5 Å². The van der Waals surface area contributed by atoms with Gasteiger partial charge in [0.15, 0.2) is 5.65 Å². The fraction of sp³-hybridized carbons (Fsp3) is 0.350. The summed E-state index contributed by atoms with van der Waals surface area (Å²) in [6.07, 6.45) is 6.20. The molecule has 0 bridgehead atoms. The Morgan fingerprint density at radius 1 is 1.08 bits per heavy atom. The Labute approximate surface area is 147 Å². The van der Waals surface area contributed by atoms with Crippen molar-refractivity contribution in [2.24, 2.45) is 5.92 Å². The van der Waals surface area contributed by atoms with Crippen LogP contribution in [0.15, 0.2) is 42.6 Å². The Bertz CT molecular complexity index is 838. The summed E-state index contributed by atoms with van der Waals surface area (Å²) >= 11 is 0. The molecule has 5 nitrogen and oxygen atoms in total. The van der Waals surface area contributed by atoms with Gasteiger partial charge in [0.1, 0.15) is 5.75 Å². The quantitative estimate of drug-likeness (QED) is 0.579. The van der Waals surface area contributed by atoms with Gasteiger partial charge < -0.3 is 9.47 Å². The third kappa shape index (κ3) is 3.76. The van der Waals surface area contributed by atoms with Gasteiger partial charge in [-0.3, -0.25) is 0 Å². The van der Waals surface area contributed by atoms with E-state index in [2.05, 4.69) is 17.0 Å². The number of imidazole rings is 1. The first-order valence-electron chi connectivity index (χ1n) is 8.83. The molecule has 1 aromatic carbocycles. The summed E-state index contributed by atoms with van der Waals surface area (Å²) in [6, 6.07) is 11.9. The Balaban J connectivity index is 1.53. The number of fused-ring (bicyclic) bond motifs is 1. The normalized spacial score (nSPS) is 14.0. The first-order chi connectivity index (χ1) is 12.3. The van der Waals surface area contributed by atoms with E-state index < -0.39 is 0 Å². The van der Waals surface area contributed by atoms with Gasteiger partial charge in [0.2, 0.25) is 5.88 Å². The average Bonchev–Trinajstić information content (AvgIpc) is 3.39. The second kappa shape index (κ2) is 7.13. The third-order valence-corrected chi connectivity index (χ3v) is 4.31. The van der Waals surface area contributed by atoms with Crippen molar-refractivity contribution in [1.82, 2.24) is 14.6 Å². The molecule has 0 unspecified atom stereocenters. The van der Waals surface area contributed by atoms with Crippen LogP contribution in [0.1, 0.15) is 25.7 Å². The van der Waals surface area contributed by atoms with Gasteiger partial charge in [-0.15, -0.1) is 5.10 Å². The van der Waals surface area contributed by atoms with E-state index in [9.17, 15) is 0 Å². The molecule has 1 aliphatic rings. The molecule has 2 heterocycles. The lowest BCUT2D eigenvalue weighted by Gasteiger charge is -2.07. The molecule has 1 radical (unpaired) electrons. The molecule has 5 heteroatoms. The van der Waals surface area contributed by atoms with Crippen LogP contribution in [0, 0.1) is 12.8 Å². The molecular formula is C20H22N3O2. The summed E-state index contributed by atoms with van der Waals surface area (Å²) in [7, 11) is 0. The fourth-order valence-corrected chi connectivity index (χ4v) is 2.63. The lowest BCUT2D eigenvalue weighted by Crippen LogP contribution is -2.02. The second-order valence-corrected chi connectivity index (χ2v) is 6.42. The van der Waals surface area contributed by atoms with Crippen molar-refractivity contribution in [1.29, 1.82) is 0 Å². The molecule has 25 heavy (non-hydrogen) atoms. The second-order valence-electron chi connectivity index (χ2n) is 6.42. The van der Waals surface area contributed by atoms with E-state index in [1.165, 1.54) is 12.8 Å². The third-order valence-electron chi connectivity index (χ3n) is 4.31. The first-order valence-corrected chi connectivity index (χ1v) is 8.83. The molecule has 4 rings (SSSR count). The van der Waals surface area contributed by atoms with E-state index in [0.29, 0.717) is 12.5 Å². The van der Waals surface area contributed by atoms with Gasteiger partial charge in [-0.1, -0.05) is 13.3 Å². The van der Waals surface area contributed by atoms with E-state index in [0.717, 1.165) is 48.0 Å². The lowest BCUT2D eigenvalue weighted by molar-refractivity contribution is 0.295. The Morgan fingerprint density at radius 3 is 2.68 bits per heavy atom. The van der Waals surface area contributed by atoms with E-state index in [4.69, 9.17) is 9.47 Å². The SMILES string of the molecule is [CH2]CCCOc1ccc2ncc(-c3ccc(OCC4CC4)cc3)n2n1. The van der Waals surface area contributed by atoms with Crippen LogP contribution in [0.4, 0.5) is 0 Å². The summed E-state index contributed by atoms with van der Waals surface area (Å²) in [5.41, 5.74) is 2.79. The molecule has 1 aliphatic carbocycles. The van der Waals surface area contributed by atoms with E-state index in [1.54, 1.807) is 0 Å². The minimum absolute atomic E-state index is 0.601. The molecule has 0 atom stereocenters. The van der Waals surface area contributed by atoms with Crippen molar-refractivity contribution in [3.8, 4) is 22.9 Å². The fourth-order valence-electron chi connectivity index (χ4n) is 2.63. The number of nitrogens with zero attached hydrogens (tertiary/aromatic N) is 3. The van der Waals surface area contributed by atoms with Crippen molar-refractivity contribution < 1.29 is 9.47 Å². The molecule has 0 saturated heterocycles. The smallest absolute Gasteiger partial charge is 0.231 e. The van der Waals surface area contributed by atoms with Crippen LogP contribution >= 0.6 is 0 Å². The van der Waals surface area contributed by atoms with Gasteiger partial charge in [0, 0.05) is 11.6 Å². The van der Waals surface area contributed by atoms with E-state index in [1.807, 2.05) is 47.1 Å². The summed E-state index contributed by atoms with van der Waals surface area (Å²) in [4.78, 5) is 4.43. The van der Waals surface area contributed by atoms with Crippen molar-refractivity contribution in [2.75, 3.05) is 13.2 Å². The standard InChI is InChI=1S/C20H22N3O2/c1-2-3-12-24-20-11-10-19-21-13-18(23(19)22-20)16-6-8-17(9-7-16)25-14-15-4-5-15/h6-11,13,15H,1-5,12,14H2. The van der Waals surface area contributed by atoms with Gasteiger partial charge in [-0.25, -0.2) is 9.50 Å². The highest BCUT2D eigenvalue weighted by atomic mass is 16.5. The molecule has 0 spiro atoms. The zero-order valence-corrected chi connectivity index (χ0v) is 14.2. The number of benzene rings is 1. The summed E-state index contributed by atoms with van der Waals surface area (Å²) in [5, 5.41) is 4.55. The Hall–Kier alpha value is -2.56. The summed E-state index contributed by atoms with van der Waals surface area (Å²) < 4.78 is 13.3. The molecular weight excluding hydrogens is 314 g/mol. The predicted molar refractivity (Wildman–Crippen MR) is 96.7 cm³/mol. The maximum absolute atomic E-state index is 5.80. The summed E-state index contributed by atoms with van der Waals surface area (Å²) in [6.45, 7) is 5.27. The number of aromatic nitrogens is 3. The Kier molecular flexibility index (Phi) is 4.55. The van der Waals surface area contributed by atoms with Crippen LogP contribution in [-0.4, -0.2) is 27.8 Å². The minimum Gasteiger partial charge on any atom is -0.493 e. The molecule has 1 saturated carbocycles. The molecule has 2 aromatic heterocycles. The molecule has 3 aromatic rings. The van der Waals surface area contributed by atoms with Crippen molar-refractivity contribution in [3.63, 3.8) is 0 Å². The number of hydrogen-bond acceptors (Lipinski definition) is 4. The maximum atomic E-state index is 5.80. The number of unbranched alkanes of at least 4 members (excludes halogenated alkanes) is 1. The number of ether oxygens (including phenoxy) is 2. The Morgan fingerprint density at radius 2 is 1.92 bits per heavy atom. The van der Waals surface area contributed by atoms with Crippen LogP contribution < -0.4 is 9.47 Å². The van der Waals surface area contributed by atoms with Crippen LogP contribution in [0.25, 0.3) is 16.9 Å². The van der Waals surface area contributed by atoms with E-state index >= 15 is 0 Å². The average molecular weight is 336 g/mol. The molecule has 0 aliphatic heterocycles. The predicted octanol–water partition coefficient (Wildman–Crippen LogP) is 4.18. The lowest BCUT2D eigenvalue weighted by atomic mass is 10.1. The monoisotopic (exact) mass is 336 g/mol. The van der Waals surface area contributed by atoms with Gasteiger partial charge in [0.05, 0.1) is 25.1 Å². The topological polar surface area (TPSA) is 48.7 Å². The number of rotatable bonds is 8. The molecule has 1 fully saturated rings. The maximum Gasteiger partial charge on any atom is 0.231 e. The highest BCUT2D eigenvalue weighted by molar-refractivity contribution is 5.63. The van der Waals surface area contributed by atoms with Crippen LogP contribution in [0.2, 0.25) is 0 Å². The summed E-state index contributed by atoms with van der Waals surface area (Å²) in [5.74, 6) is 2.27. The van der Waals surface area contributed by atoms with Crippen LogP contribution in [0.3, 0.4) is 0 Å². The molecule has 129 valence electrons. The zero-order chi connectivity index (χ0) is 17.1. The van der Waals surface area contributed by atoms with Gasteiger partial charge in [0.25, 0.3) is 0 Å². The van der Waals surface area contributed by atoms with Gasteiger partial charge in [-0.05, 0) is 55.5 Å². The van der Waals surface area contributed by atoms with Crippen LogP contribution in [0.5, 0.6) is 11.6 Å². The van der Waals surface area contributed by atoms with E-state index in [-0.39, 0.29) is 0 Å². The molecule has 0 amide bonds. The van der Waals surface area contributed by atoms with Crippen LogP contribution in [-0.2, 0) is 0 Å². The number of hydrogen-bond donors (Lipinski definition) is 0. The van der Waals surface area contributed by atoms with Crippen molar-refractivity contribution >= 4 is 5.65 Å². The zero-order valence-electron chi connectivity index (χ0n) is 14.2. The van der Waals surface area contributed by atoms with Gasteiger partial charge in [-0.2, -0.15) is 0 Å². The highest BCUT2D eigenvalue weighted by Crippen LogP contribution is 2.30. The first kappa shape index (κ1) is 15.9. The highest BCUT2D eigenvalue weighted by Gasteiger charge is 2.21. The van der Waals surface area contributed by atoms with Gasteiger partial charge >= 0.3 is 0 Å². The largest absolute Gasteiger partial charge is 0.493 e.